The average molecular weight is 338 g/mol. The smallest absolute Gasteiger partial charge is 0.339 e. The van der Waals surface area contributed by atoms with Crippen LogP contribution < -0.4 is 4.90 Å². The Morgan fingerprint density at radius 2 is 2.00 bits per heavy atom. The molecule has 2 fully saturated rings. The Kier molecular flexibility index (Phi) is 3.94. The summed E-state index contributed by atoms with van der Waals surface area (Å²) in [6, 6.07) is 8.74. The van der Waals surface area contributed by atoms with Gasteiger partial charge in [0.25, 0.3) is 0 Å². The van der Waals surface area contributed by atoms with Crippen molar-refractivity contribution < 1.29 is 9.53 Å². The third kappa shape index (κ3) is 3.35. The number of carbonyl (C=O) groups is 1. The summed E-state index contributed by atoms with van der Waals surface area (Å²) in [5, 5.41) is 0.885. The molecule has 0 bridgehead atoms. The van der Waals surface area contributed by atoms with E-state index in [1.807, 2.05) is 26.8 Å². The lowest BCUT2D eigenvalue weighted by Gasteiger charge is -2.27. The molecule has 1 aromatic heterocycles. The molecule has 4 rings (SSSR count). The number of fused-ring (bicyclic) bond motifs is 1. The lowest BCUT2D eigenvalue weighted by Crippen LogP contribution is -2.30. The van der Waals surface area contributed by atoms with Crippen molar-refractivity contribution in [3.05, 3.63) is 36.0 Å². The maximum absolute atomic E-state index is 12.6. The van der Waals surface area contributed by atoms with Crippen molar-refractivity contribution in [1.82, 2.24) is 4.98 Å². The van der Waals surface area contributed by atoms with Gasteiger partial charge in [0.05, 0.1) is 11.1 Å². The van der Waals surface area contributed by atoms with Gasteiger partial charge in [0.2, 0.25) is 0 Å². The van der Waals surface area contributed by atoms with Gasteiger partial charge in [0.15, 0.2) is 0 Å². The molecule has 0 spiro atoms. The maximum Gasteiger partial charge on any atom is 0.339 e. The highest BCUT2D eigenvalue weighted by Gasteiger charge is 2.38. The number of anilines is 1. The van der Waals surface area contributed by atoms with Crippen LogP contribution in [0.2, 0.25) is 0 Å². The molecule has 4 nitrogen and oxygen atoms in total. The van der Waals surface area contributed by atoms with Crippen molar-refractivity contribution in [3.8, 4) is 0 Å². The van der Waals surface area contributed by atoms with E-state index in [9.17, 15) is 4.79 Å². The molecule has 132 valence electrons. The molecule has 0 unspecified atom stereocenters. The Labute approximate surface area is 149 Å². The Bertz CT molecular complexity index is 805. The van der Waals surface area contributed by atoms with Gasteiger partial charge in [0.1, 0.15) is 5.60 Å². The maximum atomic E-state index is 12.6. The Morgan fingerprint density at radius 1 is 1.20 bits per heavy atom. The minimum atomic E-state index is -0.504. The van der Waals surface area contributed by atoms with Gasteiger partial charge in [-0.2, -0.15) is 0 Å². The van der Waals surface area contributed by atoms with Gasteiger partial charge in [-0.05, 0) is 76.6 Å². The Balaban J connectivity index is 1.71. The van der Waals surface area contributed by atoms with Crippen LogP contribution in [0.5, 0.6) is 0 Å². The summed E-state index contributed by atoms with van der Waals surface area (Å²) in [4.78, 5) is 19.6. The normalized spacial score (nSPS) is 20.9. The van der Waals surface area contributed by atoms with Crippen molar-refractivity contribution in [1.29, 1.82) is 0 Å². The highest BCUT2D eigenvalue weighted by Crippen LogP contribution is 2.42. The fourth-order valence-electron chi connectivity index (χ4n) is 3.91. The zero-order valence-electron chi connectivity index (χ0n) is 15.3. The number of nitrogens with zero attached hydrogens (tertiary/aromatic N) is 2. The van der Waals surface area contributed by atoms with Crippen molar-refractivity contribution in [2.24, 2.45) is 5.92 Å². The van der Waals surface area contributed by atoms with Crippen LogP contribution in [0.25, 0.3) is 10.9 Å². The summed E-state index contributed by atoms with van der Waals surface area (Å²) in [6.45, 7) is 6.78. The molecule has 25 heavy (non-hydrogen) atoms. The van der Waals surface area contributed by atoms with Crippen LogP contribution in [0, 0.1) is 5.92 Å². The van der Waals surface area contributed by atoms with Crippen molar-refractivity contribution in [2.75, 3.05) is 11.4 Å². The second-order valence-corrected chi connectivity index (χ2v) is 8.30. The van der Waals surface area contributed by atoms with E-state index in [1.165, 1.54) is 31.4 Å². The van der Waals surface area contributed by atoms with E-state index < -0.39 is 5.60 Å². The second-order valence-electron chi connectivity index (χ2n) is 8.30. The molecule has 0 radical (unpaired) electrons. The highest BCUT2D eigenvalue weighted by atomic mass is 16.6. The molecule has 1 aliphatic carbocycles. The zero-order chi connectivity index (χ0) is 17.6. The van der Waals surface area contributed by atoms with Crippen LogP contribution in [-0.4, -0.2) is 29.1 Å². The van der Waals surface area contributed by atoms with Crippen LogP contribution >= 0.6 is 0 Å². The zero-order valence-corrected chi connectivity index (χ0v) is 15.3. The number of ether oxygens (including phenoxy) is 1. The van der Waals surface area contributed by atoms with E-state index >= 15 is 0 Å². The number of hydrogen-bond acceptors (Lipinski definition) is 4. The Hall–Kier alpha value is -2.10. The van der Waals surface area contributed by atoms with Gasteiger partial charge in [-0.15, -0.1) is 0 Å². The molecular formula is C21H26N2O2. The molecule has 0 N–H and O–H groups in total. The first kappa shape index (κ1) is 16.4. The van der Waals surface area contributed by atoms with Gasteiger partial charge in [-0.25, -0.2) is 4.79 Å². The molecular weight excluding hydrogens is 312 g/mol. The fourth-order valence-corrected chi connectivity index (χ4v) is 3.91. The third-order valence-electron chi connectivity index (χ3n) is 5.14. The summed E-state index contributed by atoms with van der Waals surface area (Å²) < 4.78 is 5.59. The molecule has 1 aromatic carbocycles. The summed E-state index contributed by atoms with van der Waals surface area (Å²) in [6.07, 6.45) is 6.95. The first-order valence-electron chi connectivity index (χ1n) is 9.31. The van der Waals surface area contributed by atoms with Gasteiger partial charge in [-0.3, -0.25) is 4.98 Å². The molecule has 2 heterocycles. The lowest BCUT2D eigenvalue weighted by atomic mass is 10.1. The highest BCUT2D eigenvalue weighted by molar-refractivity contribution is 6.04. The van der Waals surface area contributed by atoms with Crippen molar-refractivity contribution in [2.45, 2.75) is 58.1 Å². The van der Waals surface area contributed by atoms with Crippen LogP contribution in [0.15, 0.2) is 30.5 Å². The van der Waals surface area contributed by atoms with Crippen LogP contribution in [0.4, 0.5) is 5.69 Å². The van der Waals surface area contributed by atoms with Crippen molar-refractivity contribution >= 4 is 22.6 Å². The molecule has 1 saturated heterocycles. The number of rotatable bonds is 3. The van der Waals surface area contributed by atoms with E-state index in [0.29, 0.717) is 11.6 Å². The minimum Gasteiger partial charge on any atom is -0.456 e. The average Bonchev–Trinajstić information content (AvgIpc) is 3.29. The largest absolute Gasteiger partial charge is 0.456 e. The van der Waals surface area contributed by atoms with E-state index in [4.69, 9.17) is 4.74 Å². The van der Waals surface area contributed by atoms with Crippen LogP contribution in [0.1, 0.15) is 56.8 Å². The monoisotopic (exact) mass is 338 g/mol. The lowest BCUT2D eigenvalue weighted by molar-refractivity contribution is 0.00718. The molecule has 2 aromatic rings. The molecule has 4 heteroatoms. The standard InChI is InChI=1S/C21H26N2O2/c1-21(2,3)25-20(24)16-10-11-22-18-9-8-15(13-17(16)18)23-12-4-5-19(23)14-6-7-14/h8-11,13-14,19H,4-7,12H2,1-3H3/t19-/m1/s1. The summed E-state index contributed by atoms with van der Waals surface area (Å²) >= 11 is 0. The van der Waals surface area contributed by atoms with Crippen molar-refractivity contribution in [3.63, 3.8) is 0 Å². The predicted octanol–water partition coefficient (Wildman–Crippen LogP) is 4.57. The molecule has 2 aliphatic rings. The number of hydrogen-bond donors (Lipinski definition) is 0. The first-order valence-corrected chi connectivity index (χ1v) is 9.31. The SMILES string of the molecule is CC(C)(C)OC(=O)c1ccnc2ccc(N3CCC[C@@H]3C3CC3)cc12. The van der Waals surface area contributed by atoms with Gasteiger partial charge in [-0.1, -0.05) is 0 Å². The predicted molar refractivity (Wildman–Crippen MR) is 100 cm³/mol. The van der Waals surface area contributed by atoms with E-state index in [1.54, 1.807) is 12.3 Å². The number of benzene rings is 1. The van der Waals surface area contributed by atoms with E-state index in [0.717, 1.165) is 23.4 Å². The van der Waals surface area contributed by atoms with Gasteiger partial charge >= 0.3 is 5.97 Å². The molecule has 1 saturated carbocycles. The van der Waals surface area contributed by atoms with E-state index in [-0.39, 0.29) is 5.97 Å². The number of pyridine rings is 1. The van der Waals surface area contributed by atoms with Crippen LogP contribution in [0.3, 0.4) is 0 Å². The first-order chi connectivity index (χ1) is 11.9. The summed E-state index contributed by atoms with van der Waals surface area (Å²) in [5.74, 6) is 0.578. The Morgan fingerprint density at radius 3 is 2.72 bits per heavy atom. The molecule has 0 amide bonds. The molecule has 1 atom stereocenters. The summed E-state index contributed by atoms with van der Waals surface area (Å²) in [7, 11) is 0. The third-order valence-corrected chi connectivity index (χ3v) is 5.14. The molecule has 1 aliphatic heterocycles. The van der Waals surface area contributed by atoms with Crippen LogP contribution in [-0.2, 0) is 4.74 Å². The fraction of sp³-hybridized carbons (Fsp3) is 0.524. The number of carbonyl (C=O) groups excluding carboxylic acids is 1. The summed E-state index contributed by atoms with van der Waals surface area (Å²) in [5.41, 5.74) is 2.15. The minimum absolute atomic E-state index is 0.280. The van der Waals surface area contributed by atoms with E-state index in [2.05, 4.69) is 22.0 Å². The topological polar surface area (TPSA) is 42.4 Å². The number of esters is 1. The quantitative estimate of drug-likeness (QED) is 0.769. The second kappa shape index (κ2) is 6.01. The van der Waals surface area contributed by atoms with Gasteiger partial charge < -0.3 is 9.64 Å². The van der Waals surface area contributed by atoms with Gasteiger partial charge in [0, 0.05) is 29.9 Å². The number of aromatic nitrogens is 1.